The van der Waals surface area contributed by atoms with Crippen molar-refractivity contribution < 1.29 is 9.53 Å². The van der Waals surface area contributed by atoms with E-state index >= 15 is 0 Å². The number of halogens is 1. The van der Waals surface area contributed by atoms with E-state index in [1.54, 1.807) is 0 Å². The van der Waals surface area contributed by atoms with Crippen molar-refractivity contribution in [3.63, 3.8) is 0 Å². The third-order valence-electron chi connectivity index (χ3n) is 3.89. The van der Waals surface area contributed by atoms with Crippen LogP contribution in [0.5, 0.6) is 5.75 Å². The molecule has 1 aromatic heterocycles. The normalized spacial score (nSPS) is 16.7. The summed E-state index contributed by atoms with van der Waals surface area (Å²) in [5, 5.41) is 3.12. The Bertz CT molecular complexity index is 893. The van der Waals surface area contributed by atoms with Crippen LogP contribution in [-0.2, 0) is 0 Å². The van der Waals surface area contributed by atoms with E-state index in [0.29, 0.717) is 12.2 Å². The Kier molecular flexibility index (Phi) is 3.79. The number of ether oxygens (including phenoxy) is 1. The van der Waals surface area contributed by atoms with Gasteiger partial charge in [0, 0.05) is 17.5 Å². The highest BCUT2D eigenvalue weighted by molar-refractivity contribution is 9.11. The second kappa shape index (κ2) is 5.94. The molecular formula is C17H13BrN2O2S. The van der Waals surface area contributed by atoms with Crippen molar-refractivity contribution in [3.05, 3.63) is 57.5 Å². The molecule has 1 aliphatic heterocycles. The summed E-state index contributed by atoms with van der Waals surface area (Å²) in [6, 6.07) is 13.4. The number of carbonyl (C=O) groups excluding carboxylic acids is 1. The van der Waals surface area contributed by atoms with Crippen LogP contribution in [-0.4, -0.2) is 17.5 Å². The van der Waals surface area contributed by atoms with Gasteiger partial charge < -0.3 is 10.1 Å². The fourth-order valence-corrected chi connectivity index (χ4v) is 4.22. The first-order valence-corrected chi connectivity index (χ1v) is 8.90. The van der Waals surface area contributed by atoms with Gasteiger partial charge in [0.2, 0.25) is 0 Å². The van der Waals surface area contributed by atoms with Gasteiger partial charge in [0.05, 0.1) is 22.9 Å². The number of nitrogens with zero attached hydrogens (tertiary/aromatic N) is 1. The first-order valence-electron chi connectivity index (χ1n) is 7.29. The molecule has 3 aromatic rings. The van der Waals surface area contributed by atoms with Crippen LogP contribution in [0.2, 0.25) is 0 Å². The van der Waals surface area contributed by atoms with Gasteiger partial charge in [-0.1, -0.05) is 18.2 Å². The maximum absolute atomic E-state index is 12.6. The minimum Gasteiger partial charge on any atom is -0.493 e. The third-order valence-corrected chi connectivity index (χ3v) is 5.36. The van der Waals surface area contributed by atoms with Crippen molar-refractivity contribution in [1.82, 2.24) is 10.3 Å². The first-order chi connectivity index (χ1) is 11.2. The molecule has 4 rings (SSSR count). The molecule has 23 heavy (non-hydrogen) atoms. The van der Waals surface area contributed by atoms with Crippen LogP contribution in [0.1, 0.15) is 28.4 Å². The van der Waals surface area contributed by atoms with Crippen LogP contribution in [0.15, 0.2) is 46.4 Å². The van der Waals surface area contributed by atoms with E-state index in [1.807, 2.05) is 42.5 Å². The number of amides is 1. The van der Waals surface area contributed by atoms with Crippen molar-refractivity contribution in [3.8, 4) is 5.75 Å². The summed E-state index contributed by atoms with van der Waals surface area (Å²) < 4.78 is 7.46. The maximum Gasteiger partial charge on any atom is 0.251 e. The fraction of sp³-hybridized carbons (Fsp3) is 0.176. The van der Waals surface area contributed by atoms with Gasteiger partial charge in [-0.05, 0) is 40.2 Å². The van der Waals surface area contributed by atoms with E-state index in [9.17, 15) is 4.79 Å². The lowest BCUT2D eigenvalue weighted by molar-refractivity contribution is 0.0925. The Morgan fingerprint density at radius 1 is 1.30 bits per heavy atom. The molecule has 0 fully saturated rings. The number of hydrogen-bond acceptors (Lipinski definition) is 4. The number of aromatic nitrogens is 1. The zero-order chi connectivity index (χ0) is 15.8. The van der Waals surface area contributed by atoms with E-state index in [4.69, 9.17) is 4.74 Å². The standard InChI is InChI=1S/C17H13BrN2O2S/c18-17-20-13-6-5-10(9-15(13)23-17)16(21)19-12-7-8-22-14-4-2-1-3-11(12)14/h1-6,9,12H,7-8H2,(H,19,21). The first kappa shape index (κ1) is 14.7. The average Bonchev–Trinajstić information content (AvgIpc) is 2.94. The van der Waals surface area contributed by atoms with Crippen LogP contribution >= 0.6 is 27.3 Å². The molecule has 2 heterocycles. The summed E-state index contributed by atoms with van der Waals surface area (Å²) in [5.74, 6) is 0.781. The third kappa shape index (κ3) is 2.84. The van der Waals surface area contributed by atoms with Crippen LogP contribution in [0, 0.1) is 0 Å². The van der Waals surface area contributed by atoms with Crippen molar-refractivity contribution in [2.45, 2.75) is 12.5 Å². The lowest BCUT2D eigenvalue weighted by Gasteiger charge is -2.26. The zero-order valence-corrected chi connectivity index (χ0v) is 14.5. The van der Waals surface area contributed by atoms with E-state index in [-0.39, 0.29) is 11.9 Å². The number of benzene rings is 2. The van der Waals surface area contributed by atoms with Gasteiger partial charge >= 0.3 is 0 Å². The number of hydrogen-bond donors (Lipinski definition) is 1. The largest absolute Gasteiger partial charge is 0.493 e. The maximum atomic E-state index is 12.6. The van der Waals surface area contributed by atoms with Gasteiger partial charge in [-0.2, -0.15) is 0 Å². The SMILES string of the molecule is O=C(NC1CCOc2ccccc21)c1ccc2nc(Br)sc2c1. The summed E-state index contributed by atoms with van der Waals surface area (Å²) in [5.41, 5.74) is 2.58. The summed E-state index contributed by atoms with van der Waals surface area (Å²) in [6.45, 7) is 0.614. The predicted molar refractivity (Wildman–Crippen MR) is 94.1 cm³/mol. The quantitative estimate of drug-likeness (QED) is 0.711. The molecule has 1 unspecified atom stereocenters. The molecule has 0 saturated heterocycles. The molecule has 1 atom stereocenters. The highest BCUT2D eigenvalue weighted by atomic mass is 79.9. The van der Waals surface area contributed by atoms with Gasteiger partial charge in [0.25, 0.3) is 5.91 Å². The summed E-state index contributed by atoms with van der Waals surface area (Å²) in [4.78, 5) is 16.9. The van der Waals surface area contributed by atoms with Gasteiger partial charge in [-0.25, -0.2) is 4.98 Å². The monoisotopic (exact) mass is 388 g/mol. The second-order valence-electron chi connectivity index (χ2n) is 5.35. The Morgan fingerprint density at radius 2 is 2.17 bits per heavy atom. The number of para-hydroxylation sites is 1. The lowest BCUT2D eigenvalue weighted by atomic mass is 10.00. The molecule has 0 spiro atoms. The molecule has 0 aliphatic carbocycles. The zero-order valence-electron chi connectivity index (χ0n) is 12.1. The number of nitrogens with one attached hydrogen (secondary N) is 1. The van der Waals surface area contributed by atoms with Crippen LogP contribution < -0.4 is 10.1 Å². The van der Waals surface area contributed by atoms with Gasteiger partial charge in [0.15, 0.2) is 3.92 Å². The smallest absolute Gasteiger partial charge is 0.251 e. The number of carbonyl (C=O) groups is 1. The fourth-order valence-electron chi connectivity index (χ4n) is 2.77. The number of fused-ring (bicyclic) bond motifs is 2. The minimum atomic E-state index is -0.0712. The lowest BCUT2D eigenvalue weighted by Crippen LogP contribution is -2.32. The molecule has 0 radical (unpaired) electrons. The van der Waals surface area contributed by atoms with Crippen LogP contribution in [0.25, 0.3) is 10.2 Å². The topological polar surface area (TPSA) is 51.2 Å². The Balaban J connectivity index is 1.60. The van der Waals surface area contributed by atoms with E-state index in [0.717, 1.165) is 31.9 Å². The Labute approximate surface area is 145 Å². The van der Waals surface area contributed by atoms with Gasteiger partial charge in [0.1, 0.15) is 5.75 Å². The molecule has 6 heteroatoms. The highest BCUT2D eigenvalue weighted by Crippen LogP contribution is 2.32. The minimum absolute atomic E-state index is 0.0173. The van der Waals surface area contributed by atoms with Crippen molar-refractivity contribution in [2.24, 2.45) is 0 Å². The number of rotatable bonds is 2. The second-order valence-corrected chi connectivity index (χ2v) is 7.66. The predicted octanol–water partition coefficient (Wildman–Crippen LogP) is 4.31. The molecule has 116 valence electrons. The van der Waals surface area contributed by atoms with E-state index in [1.165, 1.54) is 11.3 Å². The van der Waals surface area contributed by atoms with Crippen LogP contribution in [0.3, 0.4) is 0 Å². The molecule has 2 aromatic carbocycles. The van der Waals surface area contributed by atoms with Gasteiger partial charge in [-0.15, -0.1) is 11.3 Å². The van der Waals surface area contributed by atoms with Crippen LogP contribution in [0.4, 0.5) is 0 Å². The molecule has 1 amide bonds. The molecule has 1 N–H and O–H groups in total. The van der Waals surface area contributed by atoms with Gasteiger partial charge in [-0.3, -0.25) is 4.79 Å². The van der Waals surface area contributed by atoms with E-state index in [2.05, 4.69) is 26.2 Å². The molecule has 1 aliphatic rings. The highest BCUT2D eigenvalue weighted by Gasteiger charge is 2.23. The average molecular weight is 389 g/mol. The molecular weight excluding hydrogens is 376 g/mol. The number of thiazole rings is 1. The van der Waals surface area contributed by atoms with Crippen molar-refractivity contribution >= 4 is 43.4 Å². The Morgan fingerprint density at radius 3 is 3.09 bits per heavy atom. The van der Waals surface area contributed by atoms with Crippen molar-refractivity contribution in [2.75, 3.05) is 6.61 Å². The van der Waals surface area contributed by atoms with Crippen molar-refractivity contribution in [1.29, 1.82) is 0 Å². The van der Waals surface area contributed by atoms with E-state index < -0.39 is 0 Å². The summed E-state index contributed by atoms with van der Waals surface area (Å²) in [7, 11) is 0. The summed E-state index contributed by atoms with van der Waals surface area (Å²) >= 11 is 4.90. The molecule has 4 nitrogen and oxygen atoms in total. The molecule has 0 bridgehead atoms. The summed E-state index contributed by atoms with van der Waals surface area (Å²) in [6.07, 6.45) is 0.775. The molecule has 0 saturated carbocycles. The Hall–Kier alpha value is -1.92.